The average Bonchev–Trinajstić information content (AvgIpc) is 2.82. The molecule has 0 saturated heterocycles. The minimum atomic E-state index is -0.116. The Balaban J connectivity index is 1.83. The van der Waals surface area contributed by atoms with Crippen LogP contribution in [0.1, 0.15) is 0 Å². The molecule has 3 heterocycles. The number of nitrogens with one attached hydrogen (secondary N) is 1. The molecule has 0 aliphatic carbocycles. The first kappa shape index (κ1) is 18.1. The molecule has 0 saturated carbocycles. The van der Waals surface area contributed by atoms with Gasteiger partial charge in [0.1, 0.15) is 17.0 Å². The second-order valence-corrected chi connectivity index (χ2v) is 8.27. The van der Waals surface area contributed by atoms with Crippen molar-refractivity contribution in [3.05, 3.63) is 71.0 Å². The Bertz CT molecular complexity index is 1590. The lowest BCUT2D eigenvalue weighted by molar-refractivity contribution is 0.416. The Morgan fingerprint density at radius 3 is 2.45 bits per heavy atom. The van der Waals surface area contributed by atoms with E-state index in [1.54, 1.807) is 30.4 Å². The monoisotopic (exact) mass is 427 g/mol. The number of ether oxygens (including phenoxy) is 2. The largest absolute Gasteiger partial charge is 0.495 e. The van der Waals surface area contributed by atoms with Crippen LogP contribution in [0.5, 0.6) is 11.5 Å². The van der Waals surface area contributed by atoms with E-state index >= 15 is 0 Å². The summed E-state index contributed by atoms with van der Waals surface area (Å²) in [7, 11) is 3.27. The molecule has 2 aromatic heterocycles. The Hall–Kier alpha value is -3.71. The maximum atomic E-state index is 13.6. The highest BCUT2D eigenvalue weighted by Gasteiger charge is 2.27. The summed E-state index contributed by atoms with van der Waals surface area (Å²) in [4.78, 5) is 20.4. The van der Waals surface area contributed by atoms with E-state index in [0.717, 1.165) is 32.3 Å². The summed E-state index contributed by atoms with van der Waals surface area (Å²) in [5.41, 5.74) is 3.63. The van der Waals surface area contributed by atoms with Crippen molar-refractivity contribution in [2.24, 2.45) is 0 Å². The number of hydrogen-bond acceptors (Lipinski definition) is 6. The maximum Gasteiger partial charge on any atom is 0.266 e. The van der Waals surface area contributed by atoms with Crippen molar-refractivity contribution in [2.75, 3.05) is 19.5 Å². The van der Waals surface area contributed by atoms with Gasteiger partial charge in [0, 0.05) is 10.3 Å². The molecule has 0 unspecified atom stereocenters. The lowest BCUT2D eigenvalue weighted by Crippen LogP contribution is -2.18. The molecule has 152 valence electrons. The molecule has 5 aromatic rings. The SMILES string of the molecule is COc1cccc2c1Nc1c(c3nc4ccccc4c(=O)n3c3c(OC)cccc13)S2. The summed E-state index contributed by atoms with van der Waals surface area (Å²) in [5.74, 6) is 1.37. The number of methoxy groups -OCH3 is 2. The van der Waals surface area contributed by atoms with Crippen LogP contribution in [-0.2, 0) is 0 Å². The van der Waals surface area contributed by atoms with E-state index in [9.17, 15) is 4.79 Å². The van der Waals surface area contributed by atoms with E-state index in [4.69, 9.17) is 14.5 Å². The molecule has 0 amide bonds. The van der Waals surface area contributed by atoms with Crippen molar-refractivity contribution in [1.29, 1.82) is 0 Å². The summed E-state index contributed by atoms with van der Waals surface area (Å²) in [6.45, 7) is 0. The number of anilines is 2. The van der Waals surface area contributed by atoms with Crippen LogP contribution in [0.2, 0.25) is 0 Å². The quantitative estimate of drug-likeness (QED) is 0.302. The summed E-state index contributed by atoms with van der Waals surface area (Å²) in [6, 6.07) is 19.1. The van der Waals surface area contributed by atoms with E-state index in [0.29, 0.717) is 27.8 Å². The zero-order chi connectivity index (χ0) is 21.1. The third kappa shape index (κ3) is 2.47. The molecule has 7 heteroatoms. The van der Waals surface area contributed by atoms with E-state index < -0.39 is 0 Å². The Morgan fingerprint density at radius 2 is 1.61 bits per heavy atom. The normalized spacial score (nSPS) is 12.5. The molecule has 1 aliphatic heterocycles. The van der Waals surface area contributed by atoms with Crippen LogP contribution in [0.3, 0.4) is 0 Å². The third-order valence-electron chi connectivity index (χ3n) is 5.59. The lowest BCUT2D eigenvalue weighted by Gasteiger charge is -2.26. The van der Waals surface area contributed by atoms with Crippen molar-refractivity contribution >= 4 is 50.6 Å². The van der Waals surface area contributed by atoms with Gasteiger partial charge in [-0.3, -0.25) is 9.20 Å². The number of nitrogens with zero attached hydrogens (tertiary/aromatic N) is 2. The van der Waals surface area contributed by atoms with Crippen LogP contribution in [0.15, 0.2) is 75.2 Å². The molecular weight excluding hydrogens is 410 g/mol. The molecule has 6 rings (SSSR count). The smallest absolute Gasteiger partial charge is 0.266 e. The first-order valence-corrected chi connectivity index (χ1v) is 10.6. The fourth-order valence-electron chi connectivity index (χ4n) is 4.19. The summed E-state index contributed by atoms with van der Waals surface area (Å²) in [5, 5.41) is 5.01. The number of fused-ring (bicyclic) bond motifs is 8. The second-order valence-electron chi connectivity index (χ2n) is 7.21. The molecule has 3 aromatic carbocycles. The molecule has 0 radical (unpaired) electrons. The molecule has 0 atom stereocenters. The van der Waals surface area contributed by atoms with E-state index in [1.807, 2.05) is 60.7 Å². The summed E-state index contributed by atoms with van der Waals surface area (Å²) < 4.78 is 12.9. The van der Waals surface area contributed by atoms with E-state index in [2.05, 4.69) is 5.32 Å². The minimum Gasteiger partial charge on any atom is -0.495 e. The van der Waals surface area contributed by atoms with Gasteiger partial charge >= 0.3 is 0 Å². The predicted octanol–water partition coefficient (Wildman–Crippen LogP) is 5.23. The molecular formula is C24H17N3O3S. The van der Waals surface area contributed by atoms with Gasteiger partial charge in [-0.1, -0.05) is 42.1 Å². The predicted molar refractivity (Wildman–Crippen MR) is 123 cm³/mol. The number of hydrogen-bond donors (Lipinski definition) is 1. The first-order chi connectivity index (χ1) is 15.2. The molecule has 31 heavy (non-hydrogen) atoms. The third-order valence-corrected chi connectivity index (χ3v) is 6.74. The number of pyridine rings is 1. The van der Waals surface area contributed by atoms with Crippen molar-refractivity contribution in [1.82, 2.24) is 9.38 Å². The number of para-hydroxylation sites is 3. The van der Waals surface area contributed by atoms with Crippen LogP contribution < -0.4 is 20.3 Å². The van der Waals surface area contributed by atoms with Gasteiger partial charge in [-0.05, 0) is 30.3 Å². The Kier molecular flexibility index (Phi) is 3.88. The molecule has 1 N–H and O–H groups in total. The van der Waals surface area contributed by atoms with Crippen molar-refractivity contribution in [3.8, 4) is 11.5 Å². The van der Waals surface area contributed by atoms with Crippen molar-refractivity contribution < 1.29 is 9.47 Å². The van der Waals surface area contributed by atoms with Gasteiger partial charge in [0.05, 0.1) is 41.4 Å². The van der Waals surface area contributed by atoms with Gasteiger partial charge in [-0.25, -0.2) is 4.98 Å². The topological polar surface area (TPSA) is 64.9 Å². The highest BCUT2D eigenvalue weighted by atomic mass is 32.2. The van der Waals surface area contributed by atoms with Crippen LogP contribution in [0.4, 0.5) is 11.4 Å². The van der Waals surface area contributed by atoms with Gasteiger partial charge in [-0.2, -0.15) is 0 Å². The highest BCUT2D eigenvalue weighted by Crippen LogP contribution is 2.52. The second kappa shape index (κ2) is 6.65. The summed E-state index contributed by atoms with van der Waals surface area (Å²) >= 11 is 1.58. The molecule has 0 fully saturated rings. The van der Waals surface area contributed by atoms with Gasteiger partial charge in [0.25, 0.3) is 5.56 Å². The highest BCUT2D eigenvalue weighted by molar-refractivity contribution is 8.00. The minimum absolute atomic E-state index is 0.116. The zero-order valence-electron chi connectivity index (χ0n) is 16.8. The molecule has 0 spiro atoms. The van der Waals surface area contributed by atoms with Crippen molar-refractivity contribution in [2.45, 2.75) is 9.79 Å². The molecule has 1 aliphatic rings. The maximum absolute atomic E-state index is 13.6. The Morgan fingerprint density at radius 1 is 0.871 bits per heavy atom. The van der Waals surface area contributed by atoms with Crippen LogP contribution in [0, 0.1) is 0 Å². The van der Waals surface area contributed by atoms with Crippen molar-refractivity contribution in [3.63, 3.8) is 0 Å². The average molecular weight is 427 g/mol. The van der Waals surface area contributed by atoms with Crippen LogP contribution in [0.25, 0.3) is 27.5 Å². The zero-order valence-corrected chi connectivity index (χ0v) is 17.6. The summed E-state index contributed by atoms with van der Waals surface area (Å²) in [6.07, 6.45) is 0. The van der Waals surface area contributed by atoms with Gasteiger partial charge < -0.3 is 14.8 Å². The standard InChI is InChI=1S/C24H17N3O3S/c1-29-16-10-6-12-18-20(16)26-19-14-8-5-11-17(30-2)21(14)27-23(22(19)31-18)25-15-9-4-3-7-13(15)24(27)28/h3-12,26H,1-2H3. The van der Waals surface area contributed by atoms with E-state index in [1.165, 1.54) is 0 Å². The lowest BCUT2D eigenvalue weighted by atomic mass is 10.1. The van der Waals surface area contributed by atoms with E-state index in [-0.39, 0.29) is 5.56 Å². The van der Waals surface area contributed by atoms with Gasteiger partial charge in [0.15, 0.2) is 5.65 Å². The number of benzene rings is 3. The fourth-order valence-corrected chi connectivity index (χ4v) is 5.30. The number of aromatic nitrogens is 2. The molecule has 0 bridgehead atoms. The fraction of sp³-hybridized carbons (Fsp3) is 0.0833. The van der Waals surface area contributed by atoms with Crippen LogP contribution >= 0.6 is 11.8 Å². The van der Waals surface area contributed by atoms with Crippen LogP contribution in [-0.4, -0.2) is 23.6 Å². The van der Waals surface area contributed by atoms with Gasteiger partial charge in [0.2, 0.25) is 0 Å². The molecule has 6 nitrogen and oxygen atoms in total. The Labute approximate surface area is 181 Å². The van der Waals surface area contributed by atoms with Gasteiger partial charge in [-0.15, -0.1) is 0 Å². The number of rotatable bonds is 2. The first-order valence-electron chi connectivity index (χ1n) is 9.77.